The number of fused-ring (bicyclic) bond motifs is 1. The van der Waals surface area contributed by atoms with Crippen LogP contribution in [0.4, 0.5) is 11.4 Å². The van der Waals surface area contributed by atoms with E-state index in [0.717, 1.165) is 11.3 Å². The Hall–Kier alpha value is -2.34. The molecule has 0 bridgehead atoms. The first kappa shape index (κ1) is 15.6. The van der Waals surface area contributed by atoms with Crippen molar-refractivity contribution < 1.29 is 9.63 Å². The van der Waals surface area contributed by atoms with Crippen molar-refractivity contribution >= 4 is 28.9 Å². The first-order chi connectivity index (χ1) is 11.1. The number of benzene rings is 2. The molecule has 1 aliphatic rings. The van der Waals surface area contributed by atoms with Crippen LogP contribution in [0.15, 0.2) is 54.7 Å². The molecule has 3 rings (SSSR count). The molecule has 1 heterocycles. The number of hydroxylamine groups is 1. The zero-order valence-corrected chi connectivity index (χ0v) is 13.2. The van der Waals surface area contributed by atoms with E-state index < -0.39 is 5.91 Å². The second kappa shape index (κ2) is 6.42. The number of primary amides is 1. The number of hydrogen-bond donors (Lipinski definition) is 2. The van der Waals surface area contributed by atoms with Crippen LogP contribution in [0.3, 0.4) is 0 Å². The number of nitrogens with one attached hydrogen (secondary N) is 1. The Kier molecular flexibility index (Phi) is 4.34. The molecule has 2 aromatic rings. The van der Waals surface area contributed by atoms with E-state index in [4.69, 9.17) is 22.2 Å². The van der Waals surface area contributed by atoms with Crippen LogP contribution in [0.1, 0.15) is 22.0 Å². The van der Waals surface area contributed by atoms with Gasteiger partial charge in [-0.25, -0.2) is 0 Å². The topological polar surface area (TPSA) is 67.6 Å². The van der Waals surface area contributed by atoms with Gasteiger partial charge in [0.15, 0.2) is 0 Å². The lowest BCUT2D eigenvalue weighted by Crippen LogP contribution is -2.25. The molecule has 1 unspecified atom stereocenters. The molecular formula is C17H16ClN3O2. The van der Waals surface area contributed by atoms with Crippen molar-refractivity contribution in [1.29, 1.82) is 0 Å². The molecule has 1 aliphatic heterocycles. The lowest BCUT2D eigenvalue weighted by molar-refractivity contribution is 0.0734. The van der Waals surface area contributed by atoms with Gasteiger partial charge < -0.3 is 15.5 Å². The molecule has 0 fully saturated rings. The smallest absolute Gasteiger partial charge is 0.250 e. The maximum absolute atomic E-state index is 11.5. The van der Waals surface area contributed by atoms with Crippen molar-refractivity contribution in [1.82, 2.24) is 5.48 Å². The molecule has 1 atom stereocenters. The summed E-state index contributed by atoms with van der Waals surface area (Å²) in [6.07, 6.45) is 3.85. The molecule has 3 N–H and O–H groups in total. The summed E-state index contributed by atoms with van der Waals surface area (Å²) in [7, 11) is 1.58. The number of halogens is 1. The van der Waals surface area contributed by atoms with Crippen LogP contribution < -0.4 is 16.1 Å². The molecule has 0 saturated carbocycles. The Balaban J connectivity index is 2.10. The molecule has 0 saturated heterocycles. The van der Waals surface area contributed by atoms with E-state index >= 15 is 0 Å². The number of para-hydroxylation sites is 1. The van der Waals surface area contributed by atoms with Crippen LogP contribution in [-0.4, -0.2) is 13.0 Å². The van der Waals surface area contributed by atoms with Gasteiger partial charge >= 0.3 is 0 Å². The molecule has 0 radical (unpaired) electrons. The Labute approximate surface area is 139 Å². The van der Waals surface area contributed by atoms with Crippen molar-refractivity contribution in [3.63, 3.8) is 0 Å². The quantitative estimate of drug-likeness (QED) is 0.845. The summed E-state index contributed by atoms with van der Waals surface area (Å²) in [6.45, 7) is 0. The van der Waals surface area contributed by atoms with Gasteiger partial charge in [0.1, 0.15) is 0 Å². The lowest BCUT2D eigenvalue weighted by atomic mass is 10.0. The Morgan fingerprint density at radius 1 is 1.22 bits per heavy atom. The molecular weight excluding hydrogens is 314 g/mol. The molecule has 0 aromatic heterocycles. The highest BCUT2D eigenvalue weighted by Gasteiger charge is 2.23. The number of hydrogen-bond acceptors (Lipinski definition) is 4. The predicted octanol–water partition coefficient (Wildman–Crippen LogP) is 3.30. The monoisotopic (exact) mass is 329 g/mol. The van der Waals surface area contributed by atoms with Gasteiger partial charge in [-0.1, -0.05) is 35.9 Å². The van der Waals surface area contributed by atoms with Crippen LogP contribution in [0.5, 0.6) is 0 Å². The summed E-state index contributed by atoms with van der Waals surface area (Å²) in [5.74, 6) is -0.551. The summed E-state index contributed by atoms with van der Waals surface area (Å²) in [4.78, 5) is 18.5. The van der Waals surface area contributed by atoms with E-state index in [9.17, 15) is 4.79 Å². The maximum Gasteiger partial charge on any atom is 0.250 e. The molecule has 5 nitrogen and oxygen atoms in total. The third kappa shape index (κ3) is 2.82. The number of nitrogens with zero attached hydrogens (tertiary/aromatic N) is 1. The summed E-state index contributed by atoms with van der Waals surface area (Å²) in [5, 5.41) is 0.331. The maximum atomic E-state index is 11.5. The van der Waals surface area contributed by atoms with E-state index in [1.807, 2.05) is 47.5 Å². The third-order valence-electron chi connectivity index (χ3n) is 3.71. The van der Waals surface area contributed by atoms with Gasteiger partial charge in [0.05, 0.1) is 35.1 Å². The van der Waals surface area contributed by atoms with Gasteiger partial charge in [-0.15, -0.1) is 0 Å². The summed E-state index contributed by atoms with van der Waals surface area (Å²) in [6, 6.07) is 13.1. The first-order valence-electron chi connectivity index (χ1n) is 7.06. The molecule has 0 spiro atoms. The summed E-state index contributed by atoms with van der Waals surface area (Å²) >= 11 is 6.38. The first-order valence-corrected chi connectivity index (χ1v) is 7.44. The second-order valence-corrected chi connectivity index (χ2v) is 5.45. The van der Waals surface area contributed by atoms with Gasteiger partial charge in [-0.05, 0) is 29.8 Å². The molecule has 1 amide bonds. The molecule has 118 valence electrons. The number of rotatable bonds is 4. The van der Waals surface area contributed by atoms with Crippen molar-refractivity contribution in [3.8, 4) is 0 Å². The fourth-order valence-corrected chi connectivity index (χ4v) is 2.97. The van der Waals surface area contributed by atoms with Crippen LogP contribution in [0, 0.1) is 0 Å². The minimum atomic E-state index is -0.551. The van der Waals surface area contributed by atoms with E-state index in [1.165, 1.54) is 0 Å². The number of amides is 1. The highest BCUT2D eigenvalue weighted by Crippen LogP contribution is 2.40. The Morgan fingerprint density at radius 2 is 1.96 bits per heavy atom. The SMILES string of the molecule is CONC1C=CN(c2cccc(C(N)=O)c2Cl)c2ccccc21. The Morgan fingerprint density at radius 3 is 2.70 bits per heavy atom. The normalized spacial score (nSPS) is 16.3. The molecule has 0 aliphatic carbocycles. The minimum absolute atomic E-state index is 0.0643. The summed E-state index contributed by atoms with van der Waals surface area (Å²) < 4.78 is 0. The van der Waals surface area contributed by atoms with Crippen molar-refractivity contribution in [2.75, 3.05) is 12.0 Å². The molecule has 6 heteroatoms. The standard InChI is InChI=1S/C17H16ClN3O2/c1-23-20-13-9-10-21(14-7-3-2-5-11(13)14)15-8-4-6-12(16(15)18)17(19)22/h2-10,13,20H,1H3,(H2,19,22). The number of nitrogens with two attached hydrogens (primary N) is 1. The largest absolute Gasteiger partial charge is 0.366 e. The number of anilines is 2. The number of carbonyl (C=O) groups excluding carboxylic acids is 1. The average Bonchev–Trinajstić information content (AvgIpc) is 2.56. The Bertz CT molecular complexity index is 776. The van der Waals surface area contributed by atoms with Crippen LogP contribution in [-0.2, 0) is 4.84 Å². The number of carbonyl (C=O) groups is 1. The van der Waals surface area contributed by atoms with E-state index in [-0.39, 0.29) is 6.04 Å². The van der Waals surface area contributed by atoms with Gasteiger partial charge in [0.25, 0.3) is 0 Å². The lowest BCUT2D eigenvalue weighted by Gasteiger charge is -2.31. The van der Waals surface area contributed by atoms with Crippen LogP contribution in [0.25, 0.3) is 0 Å². The zero-order valence-electron chi connectivity index (χ0n) is 12.5. The van der Waals surface area contributed by atoms with Crippen LogP contribution in [0.2, 0.25) is 5.02 Å². The highest BCUT2D eigenvalue weighted by atomic mass is 35.5. The highest BCUT2D eigenvalue weighted by molar-refractivity contribution is 6.36. The zero-order chi connectivity index (χ0) is 16.4. The predicted molar refractivity (Wildman–Crippen MR) is 90.6 cm³/mol. The molecule has 23 heavy (non-hydrogen) atoms. The van der Waals surface area contributed by atoms with E-state index in [1.54, 1.807) is 19.2 Å². The van der Waals surface area contributed by atoms with Gasteiger partial charge in [-0.2, -0.15) is 5.48 Å². The van der Waals surface area contributed by atoms with Crippen molar-refractivity contribution in [2.24, 2.45) is 5.73 Å². The van der Waals surface area contributed by atoms with E-state index in [2.05, 4.69) is 5.48 Å². The third-order valence-corrected chi connectivity index (χ3v) is 4.10. The fraction of sp³-hybridized carbons (Fsp3) is 0.118. The minimum Gasteiger partial charge on any atom is -0.366 e. The summed E-state index contributed by atoms with van der Waals surface area (Å²) in [5.41, 5.74) is 11.3. The van der Waals surface area contributed by atoms with Gasteiger partial charge in [0, 0.05) is 6.20 Å². The van der Waals surface area contributed by atoms with E-state index in [0.29, 0.717) is 16.3 Å². The van der Waals surface area contributed by atoms with Gasteiger partial charge in [-0.3, -0.25) is 4.79 Å². The van der Waals surface area contributed by atoms with Crippen LogP contribution >= 0.6 is 11.6 Å². The van der Waals surface area contributed by atoms with Crippen molar-refractivity contribution in [2.45, 2.75) is 6.04 Å². The second-order valence-electron chi connectivity index (χ2n) is 5.07. The molecule has 2 aromatic carbocycles. The average molecular weight is 330 g/mol. The van der Waals surface area contributed by atoms with Gasteiger partial charge in [0.2, 0.25) is 5.91 Å². The fourth-order valence-electron chi connectivity index (χ4n) is 2.66. The van der Waals surface area contributed by atoms with Crippen molar-refractivity contribution in [3.05, 3.63) is 70.9 Å².